The number of nitrogens with one attached hydrogen (secondary N) is 1. The molecule has 1 aromatic rings. The van der Waals surface area contributed by atoms with Crippen molar-refractivity contribution in [3.05, 3.63) is 29.3 Å². The monoisotopic (exact) mass is 248 g/mol. The van der Waals surface area contributed by atoms with E-state index in [9.17, 15) is 0 Å². The van der Waals surface area contributed by atoms with Gasteiger partial charge in [-0.1, -0.05) is 26.8 Å². The summed E-state index contributed by atoms with van der Waals surface area (Å²) in [6.45, 7) is 12.0. The standard InChI is InChI=1S/C16H28N2/c1-6-17-12-15-7-8-16(11-14(15)4)18(5)10-9-13(2)3/h7-8,11,13,17H,6,9-10,12H2,1-5H3. The zero-order valence-corrected chi connectivity index (χ0v) is 12.6. The minimum Gasteiger partial charge on any atom is -0.375 e. The van der Waals surface area contributed by atoms with Crippen LogP contribution in [-0.4, -0.2) is 20.1 Å². The van der Waals surface area contributed by atoms with Crippen molar-refractivity contribution in [3.63, 3.8) is 0 Å². The lowest BCUT2D eigenvalue weighted by Gasteiger charge is -2.21. The lowest BCUT2D eigenvalue weighted by molar-refractivity contribution is 0.585. The number of anilines is 1. The molecule has 0 aromatic heterocycles. The van der Waals surface area contributed by atoms with Gasteiger partial charge in [-0.15, -0.1) is 0 Å². The summed E-state index contributed by atoms with van der Waals surface area (Å²) in [5.41, 5.74) is 4.11. The second-order valence-electron chi connectivity index (χ2n) is 5.50. The Balaban J connectivity index is 2.65. The third-order valence-corrected chi connectivity index (χ3v) is 3.37. The molecule has 0 aliphatic rings. The maximum absolute atomic E-state index is 3.38. The SMILES string of the molecule is CCNCc1ccc(N(C)CCC(C)C)cc1C. The van der Waals surface area contributed by atoms with Crippen LogP contribution in [0.25, 0.3) is 0 Å². The fourth-order valence-corrected chi connectivity index (χ4v) is 1.96. The number of aryl methyl sites for hydroxylation is 1. The number of nitrogens with zero attached hydrogens (tertiary/aromatic N) is 1. The minimum absolute atomic E-state index is 0.765. The van der Waals surface area contributed by atoms with Gasteiger partial charge in [0.15, 0.2) is 0 Å². The van der Waals surface area contributed by atoms with E-state index >= 15 is 0 Å². The second kappa shape index (κ2) is 7.42. The molecule has 1 N–H and O–H groups in total. The van der Waals surface area contributed by atoms with Gasteiger partial charge in [-0.3, -0.25) is 0 Å². The summed E-state index contributed by atoms with van der Waals surface area (Å²) in [6, 6.07) is 6.78. The Labute approximate surface area is 112 Å². The Morgan fingerprint density at radius 2 is 2.00 bits per heavy atom. The van der Waals surface area contributed by atoms with Crippen LogP contribution < -0.4 is 10.2 Å². The van der Waals surface area contributed by atoms with Crippen LogP contribution in [0.3, 0.4) is 0 Å². The molecule has 18 heavy (non-hydrogen) atoms. The molecule has 0 bridgehead atoms. The molecule has 0 atom stereocenters. The maximum atomic E-state index is 3.38. The molecule has 1 rings (SSSR count). The number of benzene rings is 1. The molecule has 0 radical (unpaired) electrons. The summed E-state index contributed by atoms with van der Waals surface area (Å²) in [5.74, 6) is 0.765. The van der Waals surface area contributed by atoms with Crippen LogP contribution >= 0.6 is 0 Å². The Kier molecular flexibility index (Phi) is 6.20. The lowest BCUT2D eigenvalue weighted by atomic mass is 10.1. The predicted molar refractivity (Wildman–Crippen MR) is 81.3 cm³/mol. The van der Waals surface area contributed by atoms with Gasteiger partial charge in [0.25, 0.3) is 0 Å². The topological polar surface area (TPSA) is 15.3 Å². The van der Waals surface area contributed by atoms with E-state index in [-0.39, 0.29) is 0 Å². The van der Waals surface area contributed by atoms with Gasteiger partial charge >= 0.3 is 0 Å². The van der Waals surface area contributed by atoms with Crippen molar-refractivity contribution in [2.24, 2.45) is 5.92 Å². The molecule has 0 aliphatic carbocycles. The normalized spacial score (nSPS) is 11.0. The third kappa shape index (κ3) is 4.69. The van der Waals surface area contributed by atoms with E-state index in [4.69, 9.17) is 0 Å². The average Bonchev–Trinajstić information content (AvgIpc) is 2.34. The predicted octanol–water partition coefficient (Wildman–Crippen LogP) is 3.59. The molecule has 0 unspecified atom stereocenters. The summed E-state index contributed by atoms with van der Waals surface area (Å²) in [4.78, 5) is 2.35. The molecule has 0 amide bonds. The molecular weight excluding hydrogens is 220 g/mol. The summed E-state index contributed by atoms with van der Waals surface area (Å²) >= 11 is 0. The van der Waals surface area contributed by atoms with E-state index < -0.39 is 0 Å². The van der Waals surface area contributed by atoms with Crippen molar-refractivity contribution < 1.29 is 0 Å². The van der Waals surface area contributed by atoms with Gasteiger partial charge in [0, 0.05) is 25.8 Å². The summed E-state index contributed by atoms with van der Waals surface area (Å²) in [5, 5.41) is 3.38. The first-order valence-electron chi connectivity index (χ1n) is 7.06. The van der Waals surface area contributed by atoms with Gasteiger partial charge < -0.3 is 10.2 Å². The fraction of sp³-hybridized carbons (Fsp3) is 0.625. The van der Waals surface area contributed by atoms with Crippen molar-refractivity contribution in [3.8, 4) is 0 Å². The van der Waals surface area contributed by atoms with Gasteiger partial charge in [-0.2, -0.15) is 0 Å². The van der Waals surface area contributed by atoms with Crippen molar-refractivity contribution in [2.75, 3.05) is 25.0 Å². The molecule has 0 saturated carbocycles. The highest BCUT2D eigenvalue weighted by molar-refractivity contribution is 5.50. The molecule has 0 spiro atoms. The van der Waals surface area contributed by atoms with Crippen LogP contribution in [0.1, 0.15) is 38.3 Å². The van der Waals surface area contributed by atoms with Crippen molar-refractivity contribution >= 4 is 5.69 Å². The van der Waals surface area contributed by atoms with Gasteiger partial charge in [-0.25, -0.2) is 0 Å². The molecular formula is C16H28N2. The number of rotatable bonds is 7. The molecule has 2 heteroatoms. The van der Waals surface area contributed by atoms with Crippen molar-refractivity contribution in [2.45, 2.75) is 40.7 Å². The summed E-state index contributed by atoms with van der Waals surface area (Å²) in [7, 11) is 2.18. The maximum Gasteiger partial charge on any atom is 0.0366 e. The highest BCUT2D eigenvalue weighted by atomic mass is 15.1. The largest absolute Gasteiger partial charge is 0.375 e. The molecule has 1 aromatic carbocycles. The Morgan fingerprint density at radius 1 is 1.28 bits per heavy atom. The first kappa shape index (κ1) is 15.0. The minimum atomic E-state index is 0.765. The quantitative estimate of drug-likeness (QED) is 0.793. The smallest absolute Gasteiger partial charge is 0.0366 e. The average molecular weight is 248 g/mol. The van der Waals surface area contributed by atoms with Crippen molar-refractivity contribution in [1.29, 1.82) is 0 Å². The van der Waals surface area contributed by atoms with Gasteiger partial charge in [0.1, 0.15) is 0 Å². The Bertz CT molecular complexity index is 358. The van der Waals surface area contributed by atoms with Gasteiger partial charge in [0.2, 0.25) is 0 Å². The van der Waals surface area contributed by atoms with Gasteiger partial charge in [0.05, 0.1) is 0 Å². The van der Waals surface area contributed by atoms with Gasteiger partial charge in [-0.05, 0) is 49.1 Å². The van der Waals surface area contributed by atoms with E-state index in [1.807, 2.05) is 0 Å². The molecule has 0 saturated heterocycles. The molecule has 102 valence electrons. The molecule has 0 aliphatic heterocycles. The van der Waals surface area contributed by atoms with Crippen molar-refractivity contribution in [1.82, 2.24) is 5.32 Å². The fourth-order valence-electron chi connectivity index (χ4n) is 1.96. The first-order valence-corrected chi connectivity index (χ1v) is 7.06. The van der Waals surface area contributed by atoms with Crippen LogP contribution in [0.5, 0.6) is 0 Å². The highest BCUT2D eigenvalue weighted by Gasteiger charge is 2.05. The molecule has 2 nitrogen and oxygen atoms in total. The highest BCUT2D eigenvalue weighted by Crippen LogP contribution is 2.19. The third-order valence-electron chi connectivity index (χ3n) is 3.37. The first-order chi connectivity index (χ1) is 8.54. The van der Waals surface area contributed by atoms with E-state index in [1.54, 1.807) is 0 Å². The van der Waals surface area contributed by atoms with E-state index in [0.29, 0.717) is 0 Å². The Morgan fingerprint density at radius 3 is 2.56 bits per heavy atom. The number of hydrogen-bond donors (Lipinski definition) is 1. The van der Waals surface area contributed by atoms with Crippen LogP contribution in [0.15, 0.2) is 18.2 Å². The molecule has 0 heterocycles. The van der Waals surface area contributed by atoms with E-state index in [2.05, 4.69) is 63.2 Å². The summed E-state index contributed by atoms with van der Waals surface area (Å²) < 4.78 is 0. The zero-order valence-electron chi connectivity index (χ0n) is 12.6. The van der Waals surface area contributed by atoms with Crippen LogP contribution in [0.4, 0.5) is 5.69 Å². The Hall–Kier alpha value is -1.02. The summed E-state index contributed by atoms with van der Waals surface area (Å²) in [6.07, 6.45) is 1.24. The number of hydrogen-bond acceptors (Lipinski definition) is 2. The second-order valence-corrected chi connectivity index (χ2v) is 5.50. The zero-order chi connectivity index (χ0) is 13.5. The van der Waals surface area contributed by atoms with Crippen LogP contribution in [0.2, 0.25) is 0 Å². The van der Waals surface area contributed by atoms with E-state index in [1.165, 1.54) is 23.2 Å². The van der Waals surface area contributed by atoms with Crippen LogP contribution in [-0.2, 0) is 6.54 Å². The molecule has 0 fully saturated rings. The van der Waals surface area contributed by atoms with E-state index in [0.717, 1.165) is 25.6 Å². The lowest BCUT2D eigenvalue weighted by Crippen LogP contribution is -2.20. The van der Waals surface area contributed by atoms with Crippen LogP contribution in [0, 0.1) is 12.8 Å².